The Kier molecular flexibility index (Phi) is 6.51. The van der Waals surface area contributed by atoms with Crippen molar-refractivity contribution in [3.8, 4) is 16.2 Å². The molecule has 1 aliphatic carbocycles. The number of hydrogen-bond donors (Lipinski definition) is 1. The normalized spacial score (nSPS) is 15.7. The number of carbonyl (C=O) groups excluding carboxylic acids is 1. The molecule has 3 nitrogen and oxygen atoms in total. The number of thiophene rings is 1. The second kappa shape index (κ2) is 9.04. The molecular formula is C21H27NO2S. The molecule has 0 atom stereocenters. The van der Waals surface area contributed by atoms with Crippen LogP contribution >= 0.6 is 11.3 Å². The fourth-order valence-corrected chi connectivity index (χ4v) is 4.42. The van der Waals surface area contributed by atoms with E-state index >= 15 is 0 Å². The zero-order chi connectivity index (χ0) is 17.5. The molecule has 1 aliphatic rings. The molecule has 0 aliphatic heterocycles. The largest absolute Gasteiger partial charge is 0.494 e. The van der Waals surface area contributed by atoms with Gasteiger partial charge in [0.05, 0.1) is 11.5 Å². The van der Waals surface area contributed by atoms with Gasteiger partial charge in [-0.05, 0) is 60.7 Å². The number of amides is 1. The number of carbonyl (C=O) groups is 1. The summed E-state index contributed by atoms with van der Waals surface area (Å²) in [7, 11) is 0. The van der Waals surface area contributed by atoms with Gasteiger partial charge in [-0.2, -0.15) is 0 Å². The highest BCUT2D eigenvalue weighted by atomic mass is 32.1. The molecule has 0 unspecified atom stereocenters. The predicted molar refractivity (Wildman–Crippen MR) is 104 cm³/mol. The SMILES string of the molecule is NC(=O)c1ccc(-c2ccc(OCCCC3CCCCCC3)cc2)s1. The molecule has 2 N–H and O–H groups in total. The highest BCUT2D eigenvalue weighted by Gasteiger charge is 2.12. The Balaban J connectivity index is 1.45. The zero-order valence-corrected chi connectivity index (χ0v) is 15.5. The molecule has 1 heterocycles. The van der Waals surface area contributed by atoms with Crippen LogP contribution in [0.1, 0.15) is 61.0 Å². The minimum absolute atomic E-state index is 0.370. The van der Waals surface area contributed by atoms with E-state index in [9.17, 15) is 4.79 Å². The first-order valence-corrected chi connectivity index (χ1v) is 10.2. The van der Waals surface area contributed by atoms with Crippen LogP contribution in [-0.2, 0) is 0 Å². The number of rotatable bonds is 7. The van der Waals surface area contributed by atoms with Gasteiger partial charge in [0.15, 0.2) is 0 Å². The van der Waals surface area contributed by atoms with Crippen LogP contribution in [0.5, 0.6) is 5.75 Å². The van der Waals surface area contributed by atoms with Crippen molar-refractivity contribution in [1.82, 2.24) is 0 Å². The van der Waals surface area contributed by atoms with Crippen LogP contribution in [-0.4, -0.2) is 12.5 Å². The van der Waals surface area contributed by atoms with Crippen LogP contribution in [0.4, 0.5) is 0 Å². The summed E-state index contributed by atoms with van der Waals surface area (Å²) >= 11 is 1.42. The van der Waals surface area contributed by atoms with Crippen molar-refractivity contribution < 1.29 is 9.53 Å². The van der Waals surface area contributed by atoms with Crippen LogP contribution < -0.4 is 10.5 Å². The Morgan fingerprint density at radius 3 is 2.40 bits per heavy atom. The van der Waals surface area contributed by atoms with Gasteiger partial charge in [-0.15, -0.1) is 11.3 Å². The molecular weight excluding hydrogens is 330 g/mol. The Labute approximate surface area is 154 Å². The van der Waals surface area contributed by atoms with E-state index in [0.29, 0.717) is 4.88 Å². The van der Waals surface area contributed by atoms with Crippen LogP contribution in [0.2, 0.25) is 0 Å². The summed E-state index contributed by atoms with van der Waals surface area (Å²) in [4.78, 5) is 12.8. The lowest BCUT2D eigenvalue weighted by atomic mass is 9.95. The second-order valence-corrected chi connectivity index (χ2v) is 7.98. The van der Waals surface area contributed by atoms with E-state index in [4.69, 9.17) is 10.5 Å². The van der Waals surface area contributed by atoms with Crippen molar-refractivity contribution in [2.45, 2.75) is 51.4 Å². The van der Waals surface area contributed by atoms with Crippen molar-refractivity contribution in [2.75, 3.05) is 6.61 Å². The molecule has 0 bridgehead atoms. The average Bonchev–Trinajstić information content (AvgIpc) is 2.98. The molecule has 4 heteroatoms. The number of nitrogens with two attached hydrogens (primary N) is 1. The van der Waals surface area contributed by atoms with E-state index in [1.165, 1.54) is 56.3 Å². The summed E-state index contributed by atoms with van der Waals surface area (Å²) in [5, 5.41) is 0. The molecule has 1 aromatic carbocycles. The summed E-state index contributed by atoms with van der Waals surface area (Å²) < 4.78 is 5.89. The van der Waals surface area contributed by atoms with Gasteiger partial charge in [-0.1, -0.05) is 38.5 Å². The fourth-order valence-electron chi connectivity index (χ4n) is 3.56. The first-order valence-electron chi connectivity index (χ1n) is 9.35. The Morgan fingerprint density at radius 1 is 1.04 bits per heavy atom. The lowest BCUT2D eigenvalue weighted by molar-refractivity contribution is 0.100. The minimum atomic E-state index is -0.370. The van der Waals surface area contributed by atoms with Gasteiger partial charge in [0.1, 0.15) is 5.75 Å². The smallest absolute Gasteiger partial charge is 0.258 e. The third kappa shape index (κ3) is 5.33. The van der Waals surface area contributed by atoms with Crippen molar-refractivity contribution >= 4 is 17.2 Å². The van der Waals surface area contributed by atoms with Crippen LogP contribution in [0.3, 0.4) is 0 Å². The standard InChI is InChI=1S/C21H27NO2S/c22-21(23)20-14-13-19(25-20)17-9-11-18(12-10-17)24-15-5-8-16-6-3-1-2-4-7-16/h9-14,16H,1-8,15H2,(H2,22,23). The Morgan fingerprint density at radius 2 is 1.76 bits per heavy atom. The average molecular weight is 358 g/mol. The van der Waals surface area contributed by atoms with E-state index < -0.39 is 0 Å². The lowest BCUT2D eigenvalue weighted by Gasteiger charge is -2.14. The maximum absolute atomic E-state index is 11.2. The number of primary amides is 1. The summed E-state index contributed by atoms with van der Waals surface area (Å²) in [5.41, 5.74) is 6.40. The van der Waals surface area contributed by atoms with E-state index in [1.807, 2.05) is 30.3 Å². The van der Waals surface area contributed by atoms with Crippen molar-refractivity contribution in [2.24, 2.45) is 11.7 Å². The van der Waals surface area contributed by atoms with E-state index in [2.05, 4.69) is 0 Å². The molecule has 0 saturated heterocycles. The van der Waals surface area contributed by atoms with Gasteiger partial charge < -0.3 is 10.5 Å². The maximum Gasteiger partial charge on any atom is 0.258 e. The molecule has 134 valence electrons. The van der Waals surface area contributed by atoms with E-state index in [1.54, 1.807) is 6.07 Å². The molecule has 0 radical (unpaired) electrons. The summed E-state index contributed by atoms with van der Waals surface area (Å²) in [6.45, 7) is 0.792. The van der Waals surface area contributed by atoms with E-state index in [-0.39, 0.29) is 5.91 Å². The van der Waals surface area contributed by atoms with Gasteiger partial charge in [0, 0.05) is 4.88 Å². The summed E-state index contributed by atoms with van der Waals surface area (Å²) in [5.74, 6) is 1.45. The van der Waals surface area contributed by atoms with Gasteiger partial charge in [-0.25, -0.2) is 0 Å². The predicted octanol–water partition coefficient (Wildman–Crippen LogP) is 5.64. The summed E-state index contributed by atoms with van der Waals surface area (Å²) in [6, 6.07) is 11.8. The first-order chi connectivity index (χ1) is 12.2. The van der Waals surface area contributed by atoms with Gasteiger partial charge in [0.2, 0.25) is 0 Å². The highest BCUT2D eigenvalue weighted by molar-refractivity contribution is 7.17. The zero-order valence-electron chi connectivity index (χ0n) is 14.7. The Hall–Kier alpha value is -1.81. The van der Waals surface area contributed by atoms with Crippen LogP contribution in [0, 0.1) is 5.92 Å². The lowest BCUT2D eigenvalue weighted by Crippen LogP contribution is -2.07. The topological polar surface area (TPSA) is 52.3 Å². The van der Waals surface area contributed by atoms with Crippen LogP contribution in [0.25, 0.3) is 10.4 Å². The van der Waals surface area contributed by atoms with Crippen molar-refractivity contribution in [3.05, 3.63) is 41.3 Å². The maximum atomic E-state index is 11.2. The molecule has 1 amide bonds. The quantitative estimate of drug-likeness (QED) is 0.515. The van der Waals surface area contributed by atoms with Gasteiger partial charge in [-0.3, -0.25) is 4.79 Å². The monoisotopic (exact) mass is 357 g/mol. The van der Waals surface area contributed by atoms with Gasteiger partial charge >= 0.3 is 0 Å². The molecule has 1 aromatic heterocycles. The molecule has 0 spiro atoms. The highest BCUT2D eigenvalue weighted by Crippen LogP contribution is 2.30. The molecule has 25 heavy (non-hydrogen) atoms. The van der Waals surface area contributed by atoms with Crippen LogP contribution in [0.15, 0.2) is 36.4 Å². The second-order valence-electron chi connectivity index (χ2n) is 6.90. The minimum Gasteiger partial charge on any atom is -0.494 e. The van der Waals surface area contributed by atoms with Crippen molar-refractivity contribution in [1.29, 1.82) is 0 Å². The number of benzene rings is 1. The molecule has 3 rings (SSSR count). The molecule has 1 saturated carbocycles. The third-order valence-corrected chi connectivity index (χ3v) is 6.14. The molecule has 1 fully saturated rings. The van der Waals surface area contributed by atoms with Gasteiger partial charge in [0.25, 0.3) is 5.91 Å². The third-order valence-electron chi connectivity index (χ3n) is 4.99. The Bertz CT molecular complexity index is 669. The fraction of sp³-hybridized carbons (Fsp3) is 0.476. The van der Waals surface area contributed by atoms with Crippen molar-refractivity contribution in [3.63, 3.8) is 0 Å². The number of hydrogen-bond acceptors (Lipinski definition) is 3. The summed E-state index contributed by atoms with van der Waals surface area (Å²) in [6.07, 6.45) is 10.9. The first kappa shape index (κ1) is 18.0. The van der Waals surface area contributed by atoms with E-state index in [0.717, 1.165) is 35.1 Å². The molecule has 2 aromatic rings. The number of ether oxygens (including phenoxy) is 1.